The fourth-order valence-electron chi connectivity index (χ4n) is 2.47. The van der Waals surface area contributed by atoms with Crippen molar-refractivity contribution in [3.8, 4) is 11.4 Å². The van der Waals surface area contributed by atoms with Crippen LogP contribution in [0.2, 0.25) is 5.02 Å². The summed E-state index contributed by atoms with van der Waals surface area (Å²) in [5.41, 5.74) is -1.96. The molecule has 0 radical (unpaired) electrons. The van der Waals surface area contributed by atoms with Crippen molar-refractivity contribution in [2.45, 2.75) is 32.8 Å². The Hall–Kier alpha value is -2.99. The molecular weight excluding hydrogens is 455 g/mol. The lowest BCUT2D eigenvalue weighted by atomic mass is 10.0. The Kier molecular flexibility index (Phi) is 7.06. The lowest BCUT2D eigenvalue weighted by Gasteiger charge is -2.27. The van der Waals surface area contributed by atoms with Crippen LogP contribution in [0.15, 0.2) is 21.7 Å². The van der Waals surface area contributed by atoms with Gasteiger partial charge in [0.2, 0.25) is 11.5 Å². The third-order valence-corrected chi connectivity index (χ3v) is 5.34. The zero-order valence-corrected chi connectivity index (χ0v) is 18.9. The van der Waals surface area contributed by atoms with Crippen LogP contribution in [-0.2, 0) is 28.5 Å². The third-order valence-electron chi connectivity index (χ3n) is 4.50. The molecule has 0 aliphatic heterocycles. The molecule has 0 saturated heterocycles. The van der Waals surface area contributed by atoms with E-state index in [9.17, 15) is 23.6 Å². The summed E-state index contributed by atoms with van der Waals surface area (Å²) in [5, 5.41) is -0.220. The Labute approximate surface area is 185 Å². The minimum absolute atomic E-state index is 0.0589. The Bertz CT molecular complexity index is 1200. The highest BCUT2D eigenvalue weighted by Gasteiger charge is 2.37. The largest absolute Gasteiger partial charge is 0.474 e. The van der Waals surface area contributed by atoms with Crippen LogP contribution in [-0.4, -0.2) is 31.2 Å². The first-order valence-corrected chi connectivity index (χ1v) is 9.68. The van der Waals surface area contributed by atoms with Gasteiger partial charge in [-0.25, -0.2) is 23.3 Å². The van der Waals surface area contributed by atoms with Crippen molar-refractivity contribution in [1.82, 2.24) is 19.2 Å². The minimum atomic E-state index is -1.63. The molecule has 168 valence electrons. The summed E-state index contributed by atoms with van der Waals surface area (Å²) in [4.78, 5) is 53.3. The number of halogens is 2. The Morgan fingerprint density at radius 2 is 1.77 bits per heavy atom. The van der Waals surface area contributed by atoms with E-state index in [2.05, 4.69) is 4.84 Å². The maximum absolute atomic E-state index is 14.7. The molecule has 2 aromatic rings. The third kappa shape index (κ3) is 4.69. The van der Waals surface area contributed by atoms with Crippen LogP contribution in [0.1, 0.15) is 27.2 Å². The highest BCUT2D eigenvalue weighted by molar-refractivity contribution is 7.71. The first kappa shape index (κ1) is 24.3. The zero-order valence-electron chi connectivity index (χ0n) is 17.3. The minimum Gasteiger partial charge on any atom is -0.474 e. The quantitative estimate of drug-likeness (QED) is 0.516. The average Bonchev–Trinajstić information content (AvgIpc) is 2.71. The number of benzene rings is 1. The molecule has 0 fully saturated rings. The molecule has 1 N–H and O–H groups in total. The Balaban J connectivity index is 2.63. The lowest BCUT2D eigenvalue weighted by Crippen LogP contribution is -2.45. The summed E-state index contributed by atoms with van der Waals surface area (Å²) in [5.74, 6) is -2.72. The number of carbonyl (C=O) groups excluding carboxylic acids is 2. The zero-order chi connectivity index (χ0) is 23.7. The fraction of sp³-hybridized carbons (Fsp3) is 0.389. The molecule has 2 rings (SSSR count). The number of ether oxygens (including phenoxy) is 1. The molecule has 10 nitrogen and oxygen atoms in total. The number of hydrogen-bond acceptors (Lipinski definition) is 7. The first-order valence-electron chi connectivity index (χ1n) is 8.89. The van der Waals surface area contributed by atoms with Crippen LogP contribution in [0.5, 0.6) is 5.75 Å². The summed E-state index contributed by atoms with van der Waals surface area (Å²) >= 11 is 11.1. The standard InChI is InChI=1S/C18H20ClFN4O6S/c1-6-18(3,14(26)30-21-9(2)25)29-13-8-12(11(20)7-10(13)19)24-15(27)22(4)17(31)23(5)16(24)28/h7-8H,6H2,1-5H3,(H,21,25). The molecule has 1 heterocycles. The second-order valence-corrected chi connectivity index (χ2v) is 7.54. The van der Waals surface area contributed by atoms with Gasteiger partial charge in [-0.2, -0.15) is 5.48 Å². The SMILES string of the molecule is CCC(C)(Oc1cc(-n2c(=O)n(C)c(=S)n(C)c2=O)c(F)cc1Cl)C(=O)ONC(C)=O. The van der Waals surface area contributed by atoms with E-state index in [1.165, 1.54) is 21.0 Å². The number of amides is 1. The normalized spacial score (nSPS) is 12.7. The van der Waals surface area contributed by atoms with Gasteiger partial charge in [-0.05, 0) is 31.6 Å². The predicted molar refractivity (Wildman–Crippen MR) is 111 cm³/mol. The van der Waals surface area contributed by atoms with Crippen molar-refractivity contribution in [3.63, 3.8) is 0 Å². The van der Waals surface area contributed by atoms with E-state index in [1.54, 1.807) is 6.92 Å². The van der Waals surface area contributed by atoms with Crippen LogP contribution in [0.4, 0.5) is 4.39 Å². The topological polar surface area (TPSA) is 114 Å². The van der Waals surface area contributed by atoms with Crippen molar-refractivity contribution >= 4 is 35.7 Å². The highest BCUT2D eigenvalue weighted by Crippen LogP contribution is 2.33. The summed E-state index contributed by atoms with van der Waals surface area (Å²) in [6.45, 7) is 4.12. The van der Waals surface area contributed by atoms with Gasteiger partial charge < -0.3 is 9.57 Å². The van der Waals surface area contributed by atoms with Gasteiger partial charge in [-0.15, -0.1) is 0 Å². The van der Waals surface area contributed by atoms with Gasteiger partial charge >= 0.3 is 17.3 Å². The molecule has 0 aliphatic carbocycles. The molecule has 1 atom stereocenters. The lowest BCUT2D eigenvalue weighted by molar-refractivity contribution is -0.172. The summed E-state index contributed by atoms with van der Waals surface area (Å²) in [6.07, 6.45) is 0.0791. The number of aromatic nitrogens is 3. The molecule has 0 aliphatic rings. The molecule has 1 unspecified atom stereocenters. The highest BCUT2D eigenvalue weighted by atomic mass is 35.5. The van der Waals surface area contributed by atoms with E-state index in [1.807, 2.05) is 5.48 Å². The van der Waals surface area contributed by atoms with Gasteiger partial charge in [-0.3, -0.25) is 13.9 Å². The number of hydroxylamine groups is 1. The number of hydrogen-bond donors (Lipinski definition) is 1. The maximum atomic E-state index is 14.7. The number of carbonyl (C=O) groups is 2. The Morgan fingerprint density at radius 1 is 1.23 bits per heavy atom. The van der Waals surface area contributed by atoms with Gasteiger partial charge in [0.1, 0.15) is 11.6 Å². The van der Waals surface area contributed by atoms with E-state index in [4.69, 9.17) is 28.6 Å². The van der Waals surface area contributed by atoms with E-state index in [0.717, 1.165) is 28.2 Å². The van der Waals surface area contributed by atoms with E-state index >= 15 is 0 Å². The van der Waals surface area contributed by atoms with E-state index < -0.39 is 40.4 Å². The van der Waals surface area contributed by atoms with Gasteiger partial charge in [0, 0.05) is 27.1 Å². The number of rotatable bonds is 5. The van der Waals surface area contributed by atoms with Crippen LogP contribution < -0.4 is 21.6 Å². The molecular formula is C18H20ClFN4O6S. The van der Waals surface area contributed by atoms with Crippen molar-refractivity contribution in [3.05, 3.63) is 48.7 Å². The molecule has 0 bridgehead atoms. The van der Waals surface area contributed by atoms with Crippen LogP contribution in [0.25, 0.3) is 5.69 Å². The monoisotopic (exact) mass is 474 g/mol. The smallest absolute Gasteiger partial charge is 0.375 e. The summed E-state index contributed by atoms with van der Waals surface area (Å²) in [6, 6.07) is 1.86. The second kappa shape index (κ2) is 9.02. The molecule has 0 saturated carbocycles. The number of nitrogens with one attached hydrogen (secondary N) is 1. The maximum Gasteiger partial charge on any atom is 0.375 e. The van der Waals surface area contributed by atoms with Crippen LogP contribution >= 0.6 is 23.8 Å². The summed E-state index contributed by atoms with van der Waals surface area (Å²) in [7, 11) is 2.66. The van der Waals surface area contributed by atoms with Gasteiger partial charge in [-0.1, -0.05) is 18.5 Å². The molecule has 1 aromatic carbocycles. The Morgan fingerprint density at radius 3 is 2.26 bits per heavy atom. The molecule has 31 heavy (non-hydrogen) atoms. The van der Waals surface area contributed by atoms with Gasteiger partial charge in [0.05, 0.1) is 10.7 Å². The fourth-order valence-corrected chi connectivity index (χ4v) is 2.82. The predicted octanol–water partition coefficient (Wildman–Crippen LogP) is 1.54. The van der Waals surface area contributed by atoms with Crippen molar-refractivity contribution < 1.29 is 23.6 Å². The average molecular weight is 475 g/mol. The number of nitrogens with zero attached hydrogens (tertiary/aromatic N) is 3. The first-order chi connectivity index (χ1) is 14.3. The van der Waals surface area contributed by atoms with E-state index in [0.29, 0.717) is 4.57 Å². The molecule has 1 aromatic heterocycles. The molecule has 13 heteroatoms. The summed E-state index contributed by atoms with van der Waals surface area (Å²) < 4.78 is 22.9. The van der Waals surface area contributed by atoms with Crippen molar-refractivity contribution in [1.29, 1.82) is 0 Å². The van der Waals surface area contributed by atoms with E-state index in [-0.39, 0.29) is 22.0 Å². The van der Waals surface area contributed by atoms with Crippen molar-refractivity contribution in [2.24, 2.45) is 14.1 Å². The van der Waals surface area contributed by atoms with Crippen LogP contribution in [0.3, 0.4) is 0 Å². The van der Waals surface area contributed by atoms with Gasteiger partial charge in [0.25, 0.3) is 0 Å². The van der Waals surface area contributed by atoms with Crippen LogP contribution in [0, 0.1) is 10.6 Å². The second-order valence-electron chi connectivity index (χ2n) is 6.77. The van der Waals surface area contributed by atoms with Crippen molar-refractivity contribution in [2.75, 3.05) is 0 Å². The van der Waals surface area contributed by atoms with Gasteiger partial charge in [0.15, 0.2) is 4.77 Å². The molecule has 0 spiro atoms. The molecule has 1 amide bonds.